The Kier molecular flexibility index (Phi) is 23.4. The van der Waals surface area contributed by atoms with Gasteiger partial charge >= 0.3 is 30.2 Å². The van der Waals surface area contributed by atoms with Crippen molar-refractivity contribution in [2.75, 3.05) is 0 Å². The van der Waals surface area contributed by atoms with Crippen LogP contribution in [0, 0.1) is 25.0 Å². The summed E-state index contributed by atoms with van der Waals surface area (Å²) in [6.45, 7) is 18.2. The van der Waals surface area contributed by atoms with Crippen LogP contribution in [0.1, 0.15) is 54.0 Å². The van der Waals surface area contributed by atoms with Gasteiger partial charge in [-0.05, 0) is 0 Å². The molecule has 1 aliphatic rings. The second-order valence-corrected chi connectivity index (χ2v) is 6.59. The van der Waals surface area contributed by atoms with Gasteiger partial charge in [0, 0.05) is 0 Å². The van der Waals surface area contributed by atoms with Crippen LogP contribution < -0.4 is 24.8 Å². The molecule has 1 unspecified atom stereocenters. The van der Waals surface area contributed by atoms with E-state index in [-0.39, 0.29) is 30.4 Å². The molecule has 0 amide bonds. The Morgan fingerprint density at radius 3 is 1.60 bits per heavy atom. The molecule has 1 nitrogen and oxygen atoms in total. The fraction of sp³-hybridized carbons (Fsp3) is 0.500. The maximum atomic E-state index is 6.94. The van der Waals surface area contributed by atoms with E-state index in [2.05, 4.69) is 39.8 Å². The molecule has 1 atom stereocenters. The minimum absolute atomic E-state index is 0. The van der Waals surface area contributed by atoms with Crippen LogP contribution in [0.15, 0.2) is 41.0 Å². The van der Waals surface area contributed by atoms with Gasteiger partial charge in [0.2, 0.25) is 0 Å². The number of halogens is 2. The van der Waals surface area contributed by atoms with Crippen molar-refractivity contribution < 1.29 is 48.1 Å². The monoisotopic (exact) mass is 474 g/mol. The Morgan fingerprint density at radius 1 is 1.04 bits per heavy atom. The number of aryl methyl sites for hydroxylation is 1. The molecule has 0 heterocycles. The predicted octanol–water partition coefficient (Wildman–Crippen LogP) is -0.556. The van der Waals surface area contributed by atoms with E-state index >= 15 is 0 Å². The summed E-state index contributed by atoms with van der Waals surface area (Å²) in [5, 5.41) is 0. The molecule has 0 radical (unpaired) electrons. The molecule has 1 N–H and O–H groups in total. The molecule has 2 rings (SSSR count). The quantitative estimate of drug-likeness (QED) is 0.354. The minimum atomic E-state index is -0.250. The number of hydrogen-bond donors (Lipinski definition) is 0. The van der Waals surface area contributed by atoms with Crippen molar-refractivity contribution in [1.82, 2.24) is 0 Å². The molecule has 0 saturated carbocycles. The van der Waals surface area contributed by atoms with Crippen molar-refractivity contribution in [3.8, 4) is 0 Å². The van der Waals surface area contributed by atoms with E-state index in [0.717, 1.165) is 0 Å². The molecule has 5 heteroatoms. The predicted molar refractivity (Wildman–Crippen MR) is 103 cm³/mol. The SMILES string of the molecule is CC(C)(C)[NH-].CC1=[C-]C(C)C(C)=C1C.Cc1[c-]cccc1.[Cl-].[Cl-].[SiH2]=[Zr+2]. The van der Waals surface area contributed by atoms with E-state index in [1.165, 1.54) is 22.3 Å². The van der Waals surface area contributed by atoms with Gasteiger partial charge in [-0.1, -0.05) is 54.4 Å². The summed E-state index contributed by atoms with van der Waals surface area (Å²) < 4.78 is 0. The molecule has 25 heavy (non-hydrogen) atoms. The first-order valence-corrected chi connectivity index (χ1v) is 13.8. The van der Waals surface area contributed by atoms with Gasteiger partial charge in [0.1, 0.15) is 0 Å². The number of rotatable bonds is 0. The molecule has 1 aliphatic carbocycles. The number of allylic oxidation sites excluding steroid dienone is 4. The normalized spacial score (nSPS) is 14.8. The van der Waals surface area contributed by atoms with Gasteiger partial charge in [0.25, 0.3) is 0 Å². The summed E-state index contributed by atoms with van der Waals surface area (Å²) in [4.78, 5) is 0. The Hall–Kier alpha value is 0.340. The van der Waals surface area contributed by atoms with E-state index in [1.54, 1.807) is 23.3 Å². The third kappa shape index (κ3) is 20.5. The van der Waals surface area contributed by atoms with E-state index in [4.69, 9.17) is 5.73 Å². The van der Waals surface area contributed by atoms with E-state index in [0.29, 0.717) is 5.92 Å². The maximum absolute atomic E-state index is 6.94. The van der Waals surface area contributed by atoms with Crippen LogP contribution in [0.4, 0.5) is 0 Å². The molecule has 0 bridgehead atoms. The van der Waals surface area contributed by atoms with Crippen LogP contribution in [0.3, 0.4) is 0 Å². The van der Waals surface area contributed by atoms with Crippen LogP contribution in [0.25, 0.3) is 5.73 Å². The second kappa shape index (κ2) is 17.7. The number of hydrogen-bond acceptors (Lipinski definition) is 0. The van der Waals surface area contributed by atoms with Crippen LogP contribution in [-0.2, 0) is 23.3 Å². The fourth-order valence-corrected chi connectivity index (χ4v) is 1.64. The van der Waals surface area contributed by atoms with Crippen LogP contribution in [-0.4, -0.2) is 12.4 Å². The molecule has 1 aromatic carbocycles. The van der Waals surface area contributed by atoms with E-state index in [1.807, 2.05) is 58.8 Å². The topological polar surface area (TPSA) is 23.8 Å². The summed E-state index contributed by atoms with van der Waals surface area (Å²) in [5.74, 6) is 0.560. The van der Waals surface area contributed by atoms with Crippen molar-refractivity contribution in [3.05, 3.63) is 64.4 Å². The van der Waals surface area contributed by atoms with Gasteiger partial charge in [-0.3, -0.25) is 6.08 Å². The number of benzene rings is 1. The van der Waals surface area contributed by atoms with Crippen molar-refractivity contribution in [1.29, 1.82) is 0 Å². The summed E-state index contributed by atoms with van der Waals surface area (Å²) in [6, 6.07) is 10.9. The third-order valence-electron chi connectivity index (χ3n) is 3.10. The first-order valence-electron chi connectivity index (χ1n) is 7.84. The Labute approximate surface area is 185 Å². The van der Waals surface area contributed by atoms with Crippen molar-refractivity contribution in [3.63, 3.8) is 0 Å². The Balaban J connectivity index is -0.000000125. The zero-order valence-electron chi connectivity index (χ0n) is 16.8. The first-order chi connectivity index (χ1) is 10.5. The molecule has 142 valence electrons. The molecule has 0 aliphatic heterocycles. The van der Waals surface area contributed by atoms with E-state index < -0.39 is 0 Å². The van der Waals surface area contributed by atoms with Crippen LogP contribution >= 0.6 is 0 Å². The fourth-order valence-electron chi connectivity index (χ4n) is 1.64. The average Bonchev–Trinajstić information content (AvgIpc) is 2.67. The summed E-state index contributed by atoms with van der Waals surface area (Å²) in [7, 11) is 0. The summed E-state index contributed by atoms with van der Waals surface area (Å²) >= 11 is 1.58. The zero-order valence-corrected chi connectivity index (χ0v) is 22.2. The van der Waals surface area contributed by atoms with Gasteiger partial charge < -0.3 is 30.5 Å². The summed E-state index contributed by atoms with van der Waals surface area (Å²) in [6.07, 6.45) is 3.36. The molecule has 1 aromatic rings. The molecular formula is C20H32Cl2NSiZr-3. The van der Waals surface area contributed by atoms with Crippen molar-refractivity contribution in [2.45, 2.75) is 60.9 Å². The van der Waals surface area contributed by atoms with Crippen molar-refractivity contribution >= 4 is 6.88 Å². The van der Waals surface area contributed by atoms with Crippen LogP contribution in [0.5, 0.6) is 0 Å². The summed E-state index contributed by atoms with van der Waals surface area (Å²) in [5.41, 5.74) is 12.1. The van der Waals surface area contributed by atoms with Gasteiger partial charge in [-0.25, -0.2) is 5.57 Å². The van der Waals surface area contributed by atoms with Crippen LogP contribution in [0.2, 0.25) is 0 Å². The third-order valence-corrected chi connectivity index (χ3v) is 3.10. The van der Waals surface area contributed by atoms with Gasteiger partial charge in [-0.15, -0.1) is 12.5 Å². The Morgan fingerprint density at radius 2 is 1.48 bits per heavy atom. The Bertz CT molecular complexity index is 502. The first kappa shape index (κ1) is 33.0. The molecule has 0 fully saturated rings. The van der Waals surface area contributed by atoms with Crippen molar-refractivity contribution in [2.24, 2.45) is 5.92 Å². The molecule has 0 aromatic heterocycles. The second-order valence-electron chi connectivity index (χ2n) is 6.59. The van der Waals surface area contributed by atoms with Gasteiger partial charge in [-0.2, -0.15) is 47.0 Å². The van der Waals surface area contributed by atoms with Gasteiger partial charge in [0.15, 0.2) is 0 Å². The number of nitrogens with one attached hydrogen (secondary N) is 1. The molecular weight excluding hydrogens is 444 g/mol. The van der Waals surface area contributed by atoms with Gasteiger partial charge in [0.05, 0.1) is 0 Å². The molecule has 0 spiro atoms. The standard InChI is InChI=1S/C9H13.C7H7.C4H10N.2ClH.H2Si.Zr/c1-6-5-7(2)9(4)8(6)3;1-7-5-3-2-4-6-7;1-4(2,3)5;;;;/h6H,1-4H3;2-5H,1H3;5H,1-3H3;2*1H;1H2;/q3*-1;;;;+2/p-2. The average molecular weight is 477 g/mol. The van der Waals surface area contributed by atoms with E-state index in [9.17, 15) is 0 Å². The zero-order chi connectivity index (χ0) is 18.6. The molecule has 0 saturated heterocycles.